The number of hydrogen-bond acceptors (Lipinski definition) is 4. The molecule has 0 bridgehead atoms. The number of nitrogens with one attached hydrogen (secondary N) is 1. The van der Waals surface area contributed by atoms with E-state index in [9.17, 15) is 9.59 Å². The van der Waals surface area contributed by atoms with E-state index >= 15 is 0 Å². The lowest BCUT2D eigenvalue weighted by atomic mass is 10.1. The summed E-state index contributed by atoms with van der Waals surface area (Å²) in [7, 11) is 1.56. The number of carboxylic acid groups (broad SMARTS) is 1. The smallest absolute Gasteiger partial charge is 0.330 e. The van der Waals surface area contributed by atoms with E-state index in [1.54, 1.807) is 7.11 Å². The molecule has 4 N–H and O–H groups in total. The Labute approximate surface area is 119 Å². The molecule has 0 radical (unpaired) electrons. The number of halogens is 1. The van der Waals surface area contributed by atoms with Crippen LogP contribution in [0.3, 0.4) is 0 Å². The zero-order valence-electron chi connectivity index (χ0n) is 10.4. The van der Waals surface area contributed by atoms with Crippen LogP contribution in [0.5, 0.6) is 5.75 Å². The zero-order chi connectivity index (χ0) is 14.4. The fourth-order valence-electron chi connectivity index (χ4n) is 1.48. The van der Waals surface area contributed by atoms with E-state index < -0.39 is 17.9 Å². The lowest BCUT2D eigenvalue weighted by Crippen LogP contribution is -2.46. The van der Waals surface area contributed by atoms with Gasteiger partial charge in [0.1, 0.15) is 5.75 Å². The van der Waals surface area contributed by atoms with Crippen LogP contribution in [-0.4, -0.2) is 36.7 Å². The van der Waals surface area contributed by atoms with Crippen molar-refractivity contribution >= 4 is 27.8 Å². The van der Waals surface area contributed by atoms with Gasteiger partial charge in [0.05, 0.1) is 7.11 Å². The van der Waals surface area contributed by atoms with Crippen LogP contribution >= 0.6 is 15.9 Å². The maximum atomic E-state index is 11.3. The topological polar surface area (TPSA) is 102 Å². The van der Waals surface area contributed by atoms with Crippen LogP contribution in [0.25, 0.3) is 0 Å². The molecule has 1 unspecified atom stereocenters. The molecule has 0 saturated carbocycles. The second kappa shape index (κ2) is 7.10. The summed E-state index contributed by atoms with van der Waals surface area (Å²) in [6.07, 6.45) is 0.515. The van der Waals surface area contributed by atoms with Crippen LogP contribution in [0.15, 0.2) is 22.7 Å². The van der Waals surface area contributed by atoms with Crippen molar-refractivity contribution in [2.24, 2.45) is 5.73 Å². The minimum absolute atomic E-state index is 0.284. The van der Waals surface area contributed by atoms with Crippen LogP contribution in [-0.2, 0) is 16.0 Å². The Morgan fingerprint density at radius 3 is 2.79 bits per heavy atom. The summed E-state index contributed by atoms with van der Waals surface area (Å²) in [6, 6.07) is 4.00. The molecule has 19 heavy (non-hydrogen) atoms. The van der Waals surface area contributed by atoms with E-state index in [1.165, 1.54) is 0 Å². The van der Waals surface area contributed by atoms with Gasteiger partial charge in [0.15, 0.2) is 6.04 Å². The molecule has 1 aromatic rings. The molecule has 6 nitrogen and oxygen atoms in total. The summed E-state index contributed by atoms with van der Waals surface area (Å²) in [5.74, 6) is -1.35. The Hall–Kier alpha value is -1.60. The van der Waals surface area contributed by atoms with Gasteiger partial charge in [0.25, 0.3) is 0 Å². The Kier molecular flexibility index (Phi) is 5.78. The van der Waals surface area contributed by atoms with Crippen LogP contribution < -0.4 is 15.8 Å². The van der Waals surface area contributed by atoms with E-state index in [4.69, 9.17) is 15.6 Å². The molecule has 1 aromatic carbocycles. The number of ether oxygens (including phenoxy) is 1. The van der Waals surface area contributed by atoms with Crippen molar-refractivity contribution in [3.05, 3.63) is 28.2 Å². The Bertz CT molecular complexity index is 479. The highest BCUT2D eigenvalue weighted by atomic mass is 79.9. The van der Waals surface area contributed by atoms with Crippen LogP contribution in [0.2, 0.25) is 0 Å². The third-order valence-electron chi connectivity index (χ3n) is 2.48. The van der Waals surface area contributed by atoms with Crippen molar-refractivity contribution in [1.29, 1.82) is 0 Å². The molecule has 0 aromatic heterocycles. The first-order valence-electron chi connectivity index (χ1n) is 5.54. The summed E-state index contributed by atoms with van der Waals surface area (Å²) in [4.78, 5) is 21.8. The van der Waals surface area contributed by atoms with Crippen molar-refractivity contribution in [2.75, 3.05) is 13.7 Å². The molecule has 0 aliphatic heterocycles. The number of amides is 1. The summed E-state index contributed by atoms with van der Waals surface area (Å²) in [5, 5.41) is 11.0. The zero-order valence-corrected chi connectivity index (χ0v) is 11.9. The molecule has 0 saturated heterocycles. The molecule has 1 amide bonds. The van der Waals surface area contributed by atoms with Gasteiger partial charge in [0, 0.05) is 11.0 Å². The van der Waals surface area contributed by atoms with Gasteiger partial charge in [-0.2, -0.15) is 0 Å². The molecular weight excluding hydrogens is 316 g/mol. The number of carbonyl (C=O) groups is 2. The minimum atomic E-state index is -1.54. The molecule has 1 atom stereocenters. The van der Waals surface area contributed by atoms with Gasteiger partial charge in [-0.3, -0.25) is 4.79 Å². The first kappa shape index (κ1) is 15.5. The Morgan fingerprint density at radius 2 is 2.21 bits per heavy atom. The predicted octanol–water partition coefficient (Wildman–Crippen LogP) is 0.528. The lowest BCUT2D eigenvalue weighted by molar-refractivity contribution is -0.142. The van der Waals surface area contributed by atoms with E-state index in [0.29, 0.717) is 12.2 Å². The van der Waals surface area contributed by atoms with E-state index in [0.717, 1.165) is 10.0 Å². The molecule has 104 valence electrons. The van der Waals surface area contributed by atoms with Crippen LogP contribution in [0.4, 0.5) is 0 Å². The largest absolute Gasteiger partial charge is 0.496 e. The summed E-state index contributed by atoms with van der Waals surface area (Å²) < 4.78 is 6.09. The quantitative estimate of drug-likeness (QED) is 0.660. The van der Waals surface area contributed by atoms with Gasteiger partial charge in [-0.1, -0.05) is 15.9 Å². The molecule has 1 rings (SSSR count). The fourth-order valence-corrected chi connectivity index (χ4v) is 1.89. The number of methoxy groups -OCH3 is 1. The maximum absolute atomic E-state index is 11.3. The summed E-state index contributed by atoms with van der Waals surface area (Å²) in [5.41, 5.74) is 6.08. The maximum Gasteiger partial charge on any atom is 0.330 e. The van der Waals surface area contributed by atoms with Gasteiger partial charge < -0.3 is 20.9 Å². The first-order chi connectivity index (χ1) is 8.95. The lowest BCUT2D eigenvalue weighted by Gasteiger charge is -2.11. The number of carboxylic acids is 1. The third kappa shape index (κ3) is 4.53. The van der Waals surface area contributed by atoms with Gasteiger partial charge in [-0.25, -0.2) is 4.79 Å². The number of benzene rings is 1. The van der Waals surface area contributed by atoms with Crippen molar-refractivity contribution in [2.45, 2.75) is 12.5 Å². The first-order valence-corrected chi connectivity index (χ1v) is 6.33. The molecule has 0 heterocycles. The van der Waals surface area contributed by atoms with Gasteiger partial charge in [-0.15, -0.1) is 0 Å². The van der Waals surface area contributed by atoms with E-state index in [2.05, 4.69) is 21.2 Å². The minimum Gasteiger partial charge on any atom is -0.496 e. The van der Waals surface area contributed by atoms with Gasteiger partial charge in [-0.05, 0) is 30.2 Å². The summed E-state index contributed by atoms with van der Waals surface area (Å²) >= 11 is 3.35. The van der Waals surface area contributed by atoms with Crippen LogP contribution in [0.1, 0.15) is 5.56 Å². The fraction of sp³-hybridized carbons (Fsp3) is 0.333. The highest BCUT2D eigenvalue weighted by Gasteiger charge is 2.20. The van der Waals surface area contributed by atoms with Gasteiger partial charge in [0.2, 0.25) is 5.91 Å². The third-order valence-corrected chi connectivity index (χ3v) is 2.98. The SMILES string of the molecule is COc1ccc(Br)cc1CCNC(=O)C(N)C(=O)O. The average Bonchev–Trinajstić information content (AvgIpc) is 2.37. The second-order valence-corrected chi connectivity index (χ2v) is 4.73. The molecule has 0 fully saturated rings. The average molecular weight is 331 g/mol. The molecule has 7 heteroatoms. The molecule has 0 aliphatic rings. The monoisotopic (exact) mass is 330 g/mol. The second-order valence-electron chi connectivity index (χ2n) is 3.81. The Morgan fingerprint density at radius 1 is 1.53 bits per heavy atom. The van der Waals surface area contributed by atoms with Crippen LogP contribution in [0, 0.1) is 0 Å². The standard InChI is InChI=1S/C12H15BrN2O4/c1-19-9-3-2-8(13)6-7(9)4-5-15-11(16)10(14)12(17)18/h2-3,6,10H,4-5,14H2,1H3,(H,15,16)(H,17,18). The summed E-state index contributed by atoms with van der Waals surface area (Å²) in [6.45, 7) is 0.284. The Balaban J connectivity index is 2.56. The van der Waals surface area contributed by atoms with Crippen molar-refractivity contribution < 1.29 is 19.4 Å². The highest BCUT2D eigenvalue weighted by Crippen LogP contribution is 2.23. The highest BCUT2D eigenvalue weighted by molar-refractivity contribution is 9.10. The predicted molar refractivity (Wildman–Crippen MR) is 73.0 cm³/mol. The number of aliphatic carboxylic acids is 1. The number of rotatable bonds is 6. The number of nitrogens with two attached hydrogens (primary N) is 1. The number of hydrogen-bond donors (Lipinski definition) is 3. The molecule has 0 aliphatic carbocycles. The van der Waals surface area contributed by atoms with Crippen molar-refractivity contribution in [3.63, 3.8) is 0 Å². The normalized spacial score (nSPS) is 11.7. The molecular formula is C12H15BrN2O4. The van der Waals surface area contributed by atoms with Crippen molar-refractivity contribution in [3.8, 4) is 5.75 Å². The van der Waals surface area contributed by atoms with Gasteiger partial charge >= 0.3 is 5.97 Å². The van der Waals surface area contributed by atoms with E-state index in [-0.39, 0.29) is 6.54 Å². The van der Waals surface area contributed by atoms with E-state index in [1.807, 2.05) is 18.2 Å². The molecule has 0 spiro atoms. The number of carbonyl (C=O) groups excluding carboxylic acids is 1. The van der Waals surface area contributed by atoms with Crippen molar-refractivity contribution in [1.82, 2.24) is 5.32 Å².